The number of nitrogens with zero attached hydrogens (tertiary/aromatic N) is 2. The number of sulfonamides is 1. The van der Waals surface area contributed by atoms with Crippen molar-refractivity contribution in [3.05, 3.63) is 35.9 Å². The number of benzene rings is 1. The van der Waals surface area contributed by atoms with Crippen LogP contribution in [0.25, 0.3) is 0 Å². The van der Waals surface area contributed by atoms with E-state index in [1.807, 2.05) is 30.3 Å². The third-order valence-corrected chi connectivity index (χ3v) is 6.72. The first-order valence-electron chi connectivity index (χ1n) is 9.43. The molecular weight excluding hydrogens is 366 g/mol. The highest BCUT2D eigenvalue weighted by atomic mass is 32.2. The second-order valence-electron chi connectivity index (χ2n) is 7.33. The zero-order valence-corrected chi connectivity index (χ0v) is 16.5. The number of piperidine rings is 1. The molecule has 1 aromatic rings. The van der Waals surface area contributed by atoms with Crippen molar-refractivity contribution in [2.75, 3.05) is 25.9 Å². The van der Waals surface area contributed by atoms with E-state index in [1.54, 1.807) is 4.90 Å². The van der Waals surface area contributed by atoms with Crippen molar-refractivity contribution in [3.8, 4) is 0 Å². The summed E-state index contributed by atoms with van der Waals surface area (Å²) in [5, 5.41) is 2.94. The highest BCUT2D eigenvalue weighted by Gasteiger charge is 2.38. The second kappa shape index (κ2) is 8.39. The summed E-state index contributed by atoms with van der Waals surface area (Å²) in [5.74, 6) is -0.329. The van der Waals surface area contributed by atoms with E-state index in [0.29, 0.717) is 45.4 Å². The molecule has 2 saturated heterocycles. The number of hydrogen-bond donors (Lipinski definition) is 1. The van der Waals surface area contributed by atoms with E-state index in [2.05, 4.69) is 5.32 Å². The maximum absolute atomic E-state index is 12.9. The Morgan fingerprint density at radius 1 is 1.07 bits per heavy atom. The fraction of sp³-hybridized carbons (Fsp3) is 0.579. The monoisotopic (exact) mass is 393 g/mol. The van der Waals surface area contributed by atoms with Gasteiger partial charge in [-0.1, -0.05) is 30.3 Å². The Labute approximate surface area is 160 Å². The Balaban J connectivity index is 1.56. The fourth-order valence-electron chi connectivity index (χ4n) is 3.87. The molecule has 2 heterocycles. The van der Waals surface area contributed by atoms with Gasteiger partial charge >= 0.3 is 0 Å². The van der Waals surface area contributed by atoms with Gasteiger partial charge in [0.25, 0.3) is 0 Å². The largest absolute Gasteiger partial charge is 0.350 e. The maximum atomic E-state index is 12.9. The summed E-state index contributed by atoms with van der Waals surface area (Å²) < 4.78 is 24.7. The number of amides is 2. The number of carbonyl (C=O) groups excluding carboxylic acids is 2. The fourth-order valence-corrected chi connectivity index (χ4v) is 4.75. The van der Waals surface area contributed by atoms with E-state index in [9.17, 15) is 18.0 Å². The number of rotatable bonds is 5. The first kappa shape index (κ1) is 19.8. The zero-order valence-electron chi connectivity index (χ0n) is 15.6. The van der Waals surface area contributed by atoms with Crippen LogP contribution in [0.4, 0.5) is 0 Å². The third kappa shape index (κ3) is 4.87. The van der Waals surface area contributed by atoms with Gasteiger partial charge in [-0.2, -0.15) is 0 Å². The molecule has 3 rings (SSSR count). The molecule has 0 spiro atoms. The Kier molecular flexibility index (Phi) is 6.16. The van der Waals surface area contributed by atoms with Crippen molar-refractivity contribution in [2.24, 2.45) is 5.92 Å². The van der Waals surface area contributed by atoms with Gasteiger partial charge in [0.1, 0.15) is 6.04 Å². The highest BCUT2D eigenvalue weighted by Crippen LogP contribution is 2.26. The van der Waals surface area contributed by atoms with Gasteiger partial charge in [0, 0.05) is 32.1 Å². The average molecular weight is 394 g/mol. The number of hydrogen-bond acceptors (Lipinski definition) is 4. The van der Waals surface area contributed by atoms with Crippen LogP contribution in [0.1, 0.15) is 31.2 Å². The number of nitrogens with one attached hydrogen (secondary N) is 1. The Bertz CT molecular complexity index is 773. The minimum atomic E-state index is -3.21. The van der Waals surface area contributed by atoms with E-state index >= 15 is 0 Å². The number of likely N-dealkylation sites (tertiary alicyclic amines) is 1. The first-order chi connectivity index (χ1) is 12.9. The lowest BCUT2D eigenvalue weighted by atomic mass is 9.96. The van der Waals surface area contributed by atoms with E-state index in [1.165, 1.54) is 10.6 Å². The van der Waals surface area contributed by atoms with E-state index in [-0.39, 0.29) is 17.7 Å². The molecule has 0 aromatic heterocycles. The maximum Gasteiger partial charge on any atom is 0.243 e. The molecule has 0 saturated carbocycles. The molecule has 1 atom stereocenters. The van der Waals surface area contributed by atoms with Crippen LogP contribution in [0.15, 0.2) is 30.3 Å². The van der Waals surface area contributed by atoms with Gasteiger partial charge < -0.3 is 10.2 Å². The molecule has 0 radical (unpaired) electrons. The lowest BCUT2D eigenvalue weighted by Gasteiger charge is -2.33. The van der Waals surface area contributed by atoms with Gasteiger partial charge in [-0.15, -0.1) is 0 Å². The Morgan fingerprint density at radius 2 is 1.74 bits per heavy atom. The quantitative estimate of drug-likeness (QED) is 0.807. The molecule has 148 valence electrons. The summed E-state index contributed by atoms with van der Waals surface area (Å²) in [6, 6.07) is 9.26. The van der Waals surface area contributed by atoms with Gasteiger partial charge in [0.05, 0.1) is 6.26 Å². The summed E-state index contributed by atoms with van der Waals surface area (Å²) in [6.07, 6.45) is 3.72. The molecule has 8 heteroatoms. The smallest absolute Gasteiger partial charge is 0.243 e. The van der Waals surface area contributed by atoms with Crippen LogP contribution in [-0.2, 0) is 26.2 Å². The molecule has 2 fully saturated rings. The van der Waals surface area contributed by atoms with Crippen molar-refractivity contribution in [2.45, 2.75) is 38.3 Å². The SMILES string of the molecule is CS(=O)(=O)N1CCC(C(=O)N2CCC[C@H]2C(=O)NCc2ccccc2)CC1. The van der Waals surface area contributed by atoms with Crippen LogP contribution in [0.3, 0.4) is 0 Å². The summed E-state index contributed by atoms with van der Waals surface area (Å²) >= 11 is 0. The standard InChI is InChI=1S/C19H27N3O4S/c1-27(25,26)21-12-9-16(10-13-21)19(24)22-11-5-8-17(22)18(23)20-14-15-6-3-2-4-7-15/h2-4,6-7,16-17H,5,8-14H2,1H3,(H,20,23)/t17-/m0/s1. The molecule has 1 N–H and O–H groups in total. The molecule has 0 aliphatic carbocycles. The normalized spacial score (nSPS) is 22.0. The summed E-state index contributed by atoms with van der Waals surface area (Å²) in [5.41, 5.74) is 1.02. The van der Waals surface area contributed by atoms with Crippen molar-refractivity contribution in [1.29, 1.82) is 0 Å². The van der Waals surface area contributed by atoms with Gasteiger partial charge in [-0.05, 0) is 31.2 Å². The average Bonchev–Trinajstić information content (AvgIpc) is 3.15. The van der Waals surface area contributed by atoms with Crippen LogP contribution >= 0.6 is 0 Å². The summed E-state index contributed by atoms with van der Waals surface area (Å²) in [7, 11) is -3.21. The molecular formula is C19H27N3O4S. The molecule has 27 heavy (non-hydrogen) atoms. The second-order valence-corrected chi connectivity index (χ2v) is 9.31. The number of carbonyl (C=O) groups is 2. The zero-order chi connectivity index (χ0) is 19.4. The minimum Gasteiger partial charge on any atom is -0.350 e. The lowest BCUT2D eigenvalue weighted by Crippen LogP contribution is -2.49. The van der Waals surface area contributed by atoms with Crippen molar-refractivity contribution in [1.82, 2.24) is 14.5 Å². The Morgan fingerprint density at radius 3 is 2.37 bits per heavy atom. The molecule has 1 aromatic carbocycles. The Hall–Kier alpha value is -1.93. The molecule has 0 bridgehead atoms. The van der Waals surface area contributed by atoms with Crippen LogP contribution in [-0.4, -0.2) is 61.4 Å². The van der Waals surface area contributed by atoms with Gasteiger partial charge in [0.15, 0.2) is 0 Å². The van der Waals surface area contributed by atoms with Gasteiger partial charge in [-0.25, -0.2) is 12.7 Å². The van der Waals surface area contributed by atoms with E-state index in [0.717, 1.165) is 12.0 Å². The molecule has 0 unspecified atom stereocenters. The highest BCUT2D eigenvalue weighted by molar-refractivity contribution is 7.88. The van der Waals surface area contributed by atoms with Crippen molar-refractivity contribution in [3.63, 3.8) is 0 Å². The van der Waals surface area contributed by atoms with Crippen molar-refractivity contribution < 1.29 is 18.0 Å². The van der Waals surface area contributed by atoms with Gasteiger partial charge in [-0.3, -0.25) is 9.59 Å². The molecule has 7 nitrogen and oxygen atoms in total. The van der Waals surface area contributed by atoms with E-state index in [4.69, 9.17) is 0 Å². The molecule has 2 aliphatic rings. The lowest BCUT2D eigenvalue weighted by molar-refractivity contribution is -0.142. The van der Waals surface area contributed by atoms with Crippen LogP contribution in [0.5, 0.6) is 0 Å². The van der Waals surface area contributed by atoms with Gasteiger partial charge in [0.2, 0.25) is 21.8 Å². The van der Waals surface area contributed by atoms with Crippen LogP contribution in [0, 0.1) is 5.92 Å². The topological polar surface area (TPSA) is 86.8 Å². The summed E-state index contributed by atoms with van der Waals surface area (Å²) in [6.45, 7) is 1.78. The van der Waals surface area contributed by atoms with E-state index < -0.39 is 16.1 Å². The molecule has 2 amide bonds. The van der Waals surface area contributed by atoms with Crippen molar-refractivity contribution >= 4 is 21.8 Å². The van der Waals surface area contributed by atoms with Crippen LogP contribution in [0.2, 0.25) is 0 Å². The molecule has 2 aliphatic heterocycles. The van der Waals surface area contributed by atoms with Crippen LogP contribution < -0.4 is 5.32 Å². The summed E-state index contributed by atoms with van der Waals surface area (Å²) in [4.78, 5) is 27.2. The minimum absolute atomic E-state index is 0.0134. The third-order valence-electron chi connectivity index (χ3n) is 5.42. The predicted molar refractivity (Wildman–Crippen MR) is 102 cm³/mol. The first-order valence-corrected chi connectivity index (χ1v) is 11.3. The predicted octanol–water partition coefficient (Wildman–Crippen LogP) is 0.965.